The first kappa shape index (κ1) is 8.97. The molecule has 2 N–H and O–H groups in total. The SMILES string of the molecule is CN[C@H]1CN(C(C)C)C[C@@H]1O. The monoisotopic (exact) mass is 158 g/mol. The zero-order chi connectivity index (χ0) is 8.43. The molecule has 0 aliphatic carbocycles. The van der Waals surface area contributed by atoms with Gasteiger partial charge in [0.05, 0.1) is 6.10 Å². The predicted molar refractivity (Wildman–Crippen MR) is 45.6 cm³/mol. The van der Waals surface area contributed by atoms with Crippen LogP contribution in [0.2, 0.25) is 0 Å². The smallest absolute Gasteiger partial charge is 0.0832 e. The first-order valence-corrected chi connectivity index (χ1v) is 4.24. The summed E-state index contributed by atoms with van der Waals surface area (Å²) in [5.74, 6) is 0. The number of nitrogens with zero attached hydrogens (tertiary/aromatic N) is 1. The van der Waals surface area contributed by atoms with E-state index in [1.54, 1.807) is 0 Å². The lowest BCUT2D eigenvalue weighted by Crippen LogP contribution is -2.36. The average Bonchev–Trinajstić information content (AvgIpc) is 2.31. The maximum atomic E-state index is 9.50. The van der Waals surface area contributed by atoms with Crippen LogP contribution in [0.4, 0.5) is 0 Å². The molecule has 1 saturated heterocycles. The Kier molecular flexibility index (Phi) is 2.87. The van der Waals surface area contributed by atoms with Crippen molar-refractivity contribution in [1.29, 1.82) is 0 Å². The number of likely N-dealkylation sites (N-methyl/N-ethyl adjacent to an activating group) is 1. The molecule has 0 amide bonds. The van der Waals surface area contributed by atoms with Crippen LogP contribution in [0.25, 0.3) is 0 Å². The molecule has 1 aliphatic rings. The largest absolute Gasteiger partial charge is 0.390 e. The second-order valence-electron chi connectivity index (χ2n) is 3.51. The van der Waals surface area contributed by atoms with Gasteiger partial charge in [-0.25, -0.2) is 0 Å². The van der Waals surface area contributed by atoms with Crippen LogP contribution in [0.3, 0.4) is 0 Å². The Hall–Kier alpha value is -0.120. The summed E-state index contributed by atoms with van der Waals surface area (Å²) in [5, 5.41) is 12.6. The summed E-state index contributed by atoms with van der Waals surface area (Å²) in [6.45, 7) is 6.09. The highest BCUT2D eigenvalue weighted by Gasteiger charge is 2.30. The number of β-amino-alcohol motifs (C(OH)–C–C–N with tert-alkyl or cyclic N) is 1. The molecule has 1 heterocycles. The van der Waals surface area contributed by atoms with E-state index in [2.05, 4.69) is 24.1 Å². The lowest BCUT2D eigenvalue weighted by atomic mass is 10.2. The topological polar surface area (TPSA) is 35.5 Å². The van der Waals surface area contributed by atoms with Gasteiger partial charge in [-0.15, -0.1) is 0 Å². The van der Waals surface area contributed by atoms with Crippen molar-refractivity contribution in [3.63, 3.8) is 0 Å². The van der Waals surface area contributed by atoms with Gasteiger partial charge < -0.3 is 10.4 Å². The first-order valence-electron chi connectivity index (χ1n) is 4.24. The molecule has 0 saturated carbocycles. The Morgan fingerprint density at radius 1 is 1.45 bits per heavy atom. The van der Waals surface area contributed by atoms with Crippen LogP contribution in [-0.4, -0.2) is 48.3 Å². The lowest BCUT2D eigenvalue weighted by molar-refractivity contribution is 0.151. The first-order chi connectivity index (χ1) is 5.15. The standard InChI is InChI=1S/C8H18N2O/c1-6(2)10-4-7(9-3)8(11)5-10/h6-9,11H,4-5H2,1-3H3/t7-,8-/m0/s1. The molecule has 1 aliphatic heterocycles. The third kappa shape index (κ3) is 1.92. The fourth-order valence-corrected chi connectivity index (χ4v) is 1.52. The van der Waals surface area contributed by atoms with Gasteiger partial charge in [-0.1, -0.05) is 0 Å². The van der Waals surface area contributed by atoms with E-state index in [0.29, 0.717) is 6.04 Å². The Morgan fingerprint density at radius 3 is 2.36 bits per heavy atom. The minimum atomic E-state index is -0.192. The van der Waals surface area contributed by atoms with E-state index in [1.165, 1.54) is 0 Å². The van der Waals surface area contributed by atoms with Crippen molar-refractivity contribution in [2.75, 3.05) is 20.1 Å². The summed E-state index contributed by atoms with van der Waals surface area (Å²) >= 11 is 0. The van der Waals surface area contributed by atoms with Gasteiger partial charge in [0.1, 0.15) is 0 Å². The van der Waals surface area contributed by atoms with E-state index >= 15 is 0 Å². The fourth-order valence-electron chi connectivity index (χ4n) is 1.52. The van der Waals surface area contributed by atoms with Gasteiger partial charge in [0.2, 0.25) is 0 Å². The molecule has 0 aromatic heterocycles. The minimum Gasteiger partial charge on any atom is -0.390 e. The van der Waals surface area contributed by atoms with Crippen molar-refractivity contribution in [3.8, 4) is 0 Å². The van der Waals surface area contributed by atoms with Crippen molar-refractivity contribution in [2.45, 2.75) is 32.0 Å². The highest BCUT2D eigenvalue weighted by atomic mass is 16.3. The lowest BCUT2D eigenvalue weighted by Gasteiger charge is -2.19. The van der Waals surface area contributed by atoms with Gasteiger partial charge in [0, 0.05) is 25.2 Å². The Bertz CT molecular complexity index is 127. The van der Waals surface area contributed by atoms with Crippen LogP contribution < -0.4 is 5.32 Å². The number of aliphatic hydroxyl groups excluding tert-OH is 1. The summed E-state index contributed by atoms with van der Waals surface area (Å²) in [4.78, 5) is 2.28. The molecular formula is C8H18N2O. The highest BCUT2D eigenvalue weighted by Crippen LogP contribution is 2.12. The molecule has 0 aromatic rings. The van der Waals surface area contributed by atoms with Gasteiger partial charge in [0.15, 0.2) is 0 Å². The summed E-state index contributed by atoms with van der Waals surface area (Å²) in [6, 6.07) is 0.806. The minimum absolute atomic E-state index is 0.192. The predicted octanol–water partition coefficient (Wildman–Crippen LogP) is -0.341. The van der Waals surface area contributed by atoms with Crippen LogP contribution >= 0.6 is 0 Å². The summed E-state index contributed by atoms with van der Waals surface area (Å²) < 4.78 is 0. The van der Waals surface area contributed by atoms with E-state index in [0.717, 1.165) is 13.1 Å². The maximum absolute atomic E-state index is 9.50. The molecule has 0 radical (unpaired) electrons. The zero-order valence-electron chi connectivity index (χ0n) is 7.54. The van der Waals surface area contributed by atoms with Crippen LogP contribution in [0.1, 0.15) is 13.8 Å². The van der Waals surface area contributed by atoms with Gasteiger partial charge in [-0.05, 0) is 20.9 Å². The van der Waals surface area contributed by atoms with Gasteiger partial charge in [-0.3, -0.25) is 4.90 Å². The van der Waals surface area contributed by atoms with E-state index in [-0.39, 0.29) is 12.1 Å². The molecule has 0 spiro atoms. The van der Waals surface area contributed by atoms with Crippen molar-refractivity contribution in [1.82, 2.24) is 10.2 Å². The third-order valence-electron chi connectivity index (χ3n) is 2.42. The van der Waals surface area contributed by atoms with Crippen molar-refractivity contribution in [2.24, 2.45) is 0 Å². The van der Waals surface area contributed by atoms with E-state index in [4.69, 9.17) is 0 Å². The third-order valence-corrected chi connectivity index (χ3v) is 2.42. The molecule has 3 heteroatoms. The second kappa shape index (κ2) is 3.52. The zero-order valence-corrected chi connectivity index (χ0v) is 7.54. The average molecular weight is 158 g/mol. The van der Waals surface area contributed by atoms with Gasteiger partial charge in [-0.2, -0.15) is 0 Å². The highest BCUT2D eigenvalue weighted by molar-refractivity contribution is 4.89. The molecule has 1 rings (SSSR count). The van der Waals surface area contributed by atoms with Crippen LogP contribution in [0.5, 0.6) is 0 Å². The summed E-state index contributed by atoms with van der Waals surface area (Å²) in [7, 11) is 1.90. The van der Waals surface area contributed by atoms with Gasteiger partial charge >= 0.3 is 0 Å². The van der Waals surface area contributed by atoms with Crippen LogP contribution in [0, 0.1) is 0 Å². The number of aliphatic hydroxyl groups is 1. The molecule has 1 fully saturated rings. The number of hydrogen-bond acceptors (Lipinski definition) is 3. The molecule has 0 unspecified atom stereocenters. The summed E-state index contributed by atoms with van der Waals surface area (Å²) in [5.41, 5.74) is 0. The van der Waals surface area contributed by atoms with Gasteiger partial charge in [0.25, 0.3) is 0 Å². The quantitative estimate of drug-likeness (QED) is 0.577. The summed E-state index contributed by atoms with van der Waals surface area (Å²) in [6.07, 6.45) is -0.192. The number of rotatable bonds is 2. The Balaban J connectivity index is 2.43. The Labute approximate surface area is 68.4 Å². The molecule has 2 atom stereocenters. The second-order valence-corrected chi connectivity index (χ2v) is 3.51. The van der Waals surface area contributed by atoms with Crippen molar-refractivity contribution >= 4 is 0 Å². The molecule has 0 aromatic carbocycles. The Morgan fingerprint density at radius 2 is 2.09 bits per heavy atom. The molecule has 66 valence electrons. The van der Waals surface area contributed by atoms with E-state index in [1.807, 2.05) is 7.05 Å². The van der Waals surface area contributed by atoms with E-state index < -0.39 is 0 Å². The number of hydrogen-bond donors (Lipinski definition) is 2. The van der Waals surface area contributed by atoms with Crippen LogP contribution in [-0.2, 0) is 0 Å². The van der Waals surface area contributed by atoms with Crippen LogP contribution in [0.15, 0.2) is 0 Å². The maximum Gasteiger partial charge on any atom is 0.0832 e. The molecular weight excluding hydrogens is 140 g/mol. The van der Waals surface area contributed by atoms with E-state index in [9.17, 15) is 5.11 Å². The van der Waals surface area contributed by atoms with Crippen molar-refractivity contribution < 1.29 is 5.11 Å². The number of likely N-dealkylation sites (tertiary alicyclic amines) is 1. The fraction of sp³-hybridized carbons (Fsp3) is 1.00. The van der Waals surface area contributed by atoms with Crippen molar-refractivity contribution in [3.05, 3.63) is 0 Å². The molecule has 0 bridgehead atoms. The molecule has 11 heavy (non-hydrogen) atoms. The molecule has 3 nitrogen and oxygen atoms in total. The number of nitrogens with one attached hydrogen (secondary N) is 1. The normalized spacial score (nSPS) is 33.5.